The van der Waals surface area contributed by atoms with Gasteiger partial charge in [-0.3, -0.25) is 0 Å². The summed E-state index contributed by atoms with van der Waals surface area (Å²) in [6.07, 6.45) is 0. The molecule has 378 valence electrons. The molecule has 2 nitrogen and oxygen atoms in total. The van der Waals surface area contributed by atoms with Crippen LogP contribution in [0.15, 0.2) is 158 Å². The molecule has 0 atom stereocenters. The van der Waals surface area contributed by atoms with Crippen LogP contribution in [0.1, 0.15) is 155 Å². The Morgan fingerprint density at radius 2 is 0.895 bits per heavy atom. The van der Waals surface area contributed by atoms with E-state index in [1.54, 1.807) is 0 Å². The summed E-state index contributed by atoms with van der Waals surface area (Å²) >= 11 is 0. The number of rotatable bonds is 4. The molecule has 1 aliphatic carbocycles. The van der Waals surface area contributed by atoms with E-state index >= 15 is 0 Å². The van der Waals surface area contributed by atoms with Crippen LogP contribution in [0, 0.1) is 21.7 Å². The van der Waals surface area contributed by atoms with Crippen LogP contribution in [0.3, 0.4) is 0 Å². The highest BCUT2D eigenvalue weighted by atomic mass is 15.1. The highest BCUT2D eigenvalue weighted by molar-refractivity contribution is 7.00. The zero-order valence-corrected chi connectivity index (χ0v) is 47.6. The quantitative estimate of drug-likeness (QED) is 0.156. The highest BCUT2D eigenvalue weighted by Crippen LogP contribution is 2.63. The van der Waals surface area contributed by atoms with Gasteiger partial charge in [0.15, 0.2) is 0 Å². The van der Waals surface area contributed by atoms with Crippen LogP contribution >= 0.6 is 0 Å². The second-order valence-corrected chi connectivity index (χ2v) is 28.8. The van der Waals surface area contributed by atoms with Crippen molar-refractivity contribution in [1.29, 1.82) is 0 Å². The second kappa shape index (κ2) is 15.2. The van der Waals surface area contributed by atoms with Gasteiger partial charge in [0.25, 0.3) is 6.71 Å². The molecule has 3 heteroatoms. The lowest BCUT2D eigenvalue weighted by Crippen LogP contribution is -2.61. The Morgan fingerprint density at radius 1 is 0.408 bits per heavy atom. The fourth-order valence-corrected chi connectivity index (χ4v) is 17.2. The molecule has 0 N–H and O–H groups in total. The molecule has 0 saturated heterocycles. The lowest BCUT2D eigenvalue weighted by Gasteiger charge is -2.46. The van der Waals surface area contributed by atoms with Crippen LogP contribution in [0.2, 0.25) is 0 Å². The molecule has 8 aromatic carbocycles. The molecule has 0 unspecified atom stereocenters. The summed E-state index contributed by atoms with van der Waals surface area (Å²) in [5.41, 5.74) is 27.9. The van der Waals surface area contributed by atoms with E-state index in [9.17, 15) is 0 Å². The summed E-state index contributed by atoms with van der Waals surface area (Å²) in [6, 6.07) is 62.6. The molecule has 4 aliphatic rings. The Balaban J connectivity index is 1.27. The lowest BCUT2D eigenvalue weighted by atomic mass is 9.33. The predicted octanol–water partition coefficient (Wildman–Crippen LogP) is 17.5. The standard InChI is InChI=1S/C73H73BN2/c1-68(2,3)46-40-51-59(42-26-18-16-19-27-42)61(43-28-20-17-21-29-43)75-58-35-34-54-65-60(58)74(57(41-46)64(51)75)56-39-45(67(71(10,11)12)72(13,14)15)37-50-49-36-44(66(69(4,5)6)70(7,8)9)38-55(62(49)76(65)63(50)56)73(54)52-32-24-22-30-47(52)48-31-23-25-33-53(48)73/h16-41,66-67H,1-15H3. The number of benzene rings is 8. The van der Waals surface area contributed by atoms with E-state index in [-0.39, 0.29) is 45.6 Å². The number of nitrogens with zero attached hydrogens (tertiary/aromatic N) is 2. The monoisotopic (exact) mass is 989 g/mol. The van der Waals surface area contributed by atoms with Crippen molar-refractivity contribution in [2.24, 2.45) is 21.7 Å². The van der Waals surface area contributed by atoms with Crippen LogP contribution in [-0.2, 0) is 10.8 Å². The van der Waals surface area contributed by atoms with Crippen LogP contribution in [0.5, 0.6) is 0 Å². The van der Waals surface area contributed by atoms with Crippen molar-refractivity contribution in [3.8, 4) is 44.9 Å². The van der Waals surface area contributed by atoms with Gasteiger partial charge >= 0.3 is 0 Å². The van der Waals surface area contributed by atoms with Gasteiger partial charge < -0.3 is 9.13 Å². The minimum Gasteiger partial charge on any atom is -0.310 e. The summed E-state index contributed by atoms with van der Waals surface area (Å²) in [5.74, 6) is 0.551. The molecular formula is C73H73BN2. The molecule has 10 aromatic rings. The molecule has 3 aliphatic heterocycles. The van der Waals surface area contributed by atoms with E-state index in [4.69, 9.17) is 0 Å². The molecule has 76 heavy (non-hydrogen) atoms. The average molecular weight is 989 g/mol. The summed E-state index contributed by atoms with van der Waals surface area (Å²) in [5, 5.41) is 4.11. The predicted molar refractivity (Wildman–Crippen MR) is 326 cm³/mol. The van der Waals surface area contributed by atoms with E-state index < -0.39 is 5.41 Å². The van der Waals surface area contributed by atoms with Gasteiger partial charge in [-0.2, -0.15) is 0 Å². The van der Waals surface area contributed by atoms with Crippen molar-refractivity contribution in [2.75, 3.05) is 0 Å². The first kappa shape index (κ1) is 47.6. The smallest absolute Gasteiger partial charge is 0.252 e. The van der Waals surface area contributed by atoms with Gasteiger partial charge in [-0.1, -0.05) is 237 Å². The lowest BCUT2D eigenvalue weighted by molar-refractivity contribution is 0.176. The van der Waals surface area contributed by atoms with Crippen molar-refractivity contribution >= 4 is 55.8 Å². The number of hydrogen-bond donors (Lipinski definition) is 0. The average Bonchev–Trinajstić information content (AvgIpc) is 2.46. The number of aromatic nitrogens is 2. The third-order valence-corrected chi connectivity index (χ3v) is 18.6. The van der Waals surface area contributed by atoms with E-state index in [0.29, 0.717) is 0 Å². The van der Waals surface area contributed by atoms with Crippen molar-refractivity contribution < 1.29 is 0 Å². The molecule has 0 saturated carbocycles. The maximum Gasteiger partial charge on any atom is 0.252 e. The fraction of sp³-hybridized carbons (Fsp3) is 0.315. The number of hydrogen-bond acceptors (Lipinski definition) is 0. The van der Waals surface area contributed by atoms with Gasteiger partial charge in [-0.15, -0.1) is 0 Å². The summed E-state index contributed by atoms with van der Waals surface area (Å²) in [6.45, 7) is 36.9. The first-order valence-electron chi connectivity index (χ1n) is 28.3. The van der Waals surface area contributed by atoms with Gasteiger partial charge in [0.1, 0.15) is 0 Å². The SMILES string of the molecule is CC(C)(C)c1cc2c3c(c1)c(-c1ccccc1)c(-c1ccccc1)n3-c1ccc3c4c1B2c1cc(C(C(C)(C)C)C(C)(C)C)cc2c5cc(C(C(C)(C)C)C(C)(C)C)cc(c5n-4c12)C31c2ccccc2-c2ccccc21. The van der Waals surface area contributed by atoms with Gasteiger partial charge in [0.2, 0.25) is 0 Å². The maximum atomic E-state index is 2.83. The van der Waals surface area contributed by atoms with Crippen molar-refractivity contribution in [2.45, 2.75) is 127 Å². The topological polar surface area (TPSA) is 9.86 Å². The maximum absolute atomic E-state index is 2.83. The minimum absolute atomic E-state index is 0.00597. The van der Waals surface area contributed by atoms with Crippen molar-refractivity contribution in [1.82, 2.24) is 9.13 Å². The van der Waals surface area contributed by atoms with Crippen molar-refractivity contribution in [3.63, 3.8) is 0 Å². The number of fused-ring (bicyclic) bond motifs is 11. The molecule has 0 radical (unpaired) electrons. The first-order chi connectivity index (χ1) is 35.9. The third kappa shape index (κ3) is 6.18. The van der Waals surface area contributed by atoms with Gasteiger partial charge in [-0.25, -0.2) is 0 Å². The second-order valence-electron chi connectivity index (χ2n) is 28.8. The Hall–Kier alpha value is -6.84. The van der Waals surface area contributed by atoms with Gasteiger partial charge in [0, 0.05) is 44.1 Å². The molecule has 14 rings (SSSR count). The van der Waals surface area contributed by atoms with Gasteiger partial charge in [0.05, 0.1) is 16.6 Å². The molecule has 2 aromatic heterocycles. The molecule has 5 heterocycles. The normalized spacial score (nSPS) is 15.1. The van der Waals surface area contributed by atoms with E-state index in [2.05, 4.69) is 271 Å². The third-order valence-electron chi connectivity index (χ3n) is 18.6. The Labute approximate surface area is 452 Å². The minimum atomic E-state index is -0.586. The Kier molecular flexibility index (Phi) is 9.53. The molecule has 1 spiro atoms. The molecular weight excluding hydrogens is 916 g/mol. The molecule has 0 amide bonds. The van der Waals surface area contributed by atoms with Crippen LogP contribution in [0.25, 0.3) is 77.6 Å². The van der Waals surface area contributed by atoms with E-state index in [1.807, 2.05) is 0 Å². The Morgan fingerprint density at radius 3 is 1.45 bits per heavy atom. The largest absolute Gasteiger partial charge is 0.310 e. The molecule has 0 bridgehead atoms. The van der Waals surface area contributed by atoms with E-state index in [0.717, 1.165) is 0 Å². The molecule has 0 fully saturated rings. The van der Waals surface area contributed by atoms with Crippen LogP contribution in [0.4, 0.5) is 0 Å². The first-order valence-corrected chi connectivity index (χ1v) is 28.3. The zero-order chi connectivity index (χ0) is 53.1. The summed E-state index contributed by atoms with van der Waals surface area (Å²) < 4.78 is 5.55. The van der Waals surface area contributed by atoms with E-state index in [1.165, 1.54) is 133 Å². The zero-order valence-electron chi connectivity index (χ0n) is 47.6. The summed E-state index contributed by atoms with van der Waals surface area (Å²) in [4.78, 5) is 0. The fourth-order valence-electron chi connectivity index (χ4n) is 17.2. The van der Waals surface area contributed by atoms with Crippen molar-refractivity contribution in [3.05, 3.63) is 197 Å². The highest BCUT2D eigenvalue weighted by Gasteiger charge is 2.55. The summed E-state index contributed by atoms with van der Waals surface area (Å²) in [7, 11) is 0. The van der Waals surface area contributed by atoms with Crippen LogP contribution in [-0.4, -0.2) is 15.8 Å². The van der Waals surface area contributed by atoms with Gasteiger partial charge in [-0.05, 0) is 141 Å². The Bertz CT molecular complexity index is 4050. The van der Waals surface area contributed by atoms with Crippen LogP contribution < -0.4 is 16.4 Å².